The highest BCUT2D eigenvalue weighted by atomic mass is 19.1. The van der Waals surface area contributed by atoms with Crippen molar-refractivity contribution >= 4 is 23.6 Å². The number of rotatable bonds is 11. The molecule has 0 radical (unpaired) electrons. The number of amides is 2. The number of carbonyl (C=O) groups excluding carboxylic acids is 3. The minimum atomic E-state index is -0.555. The molecule has 46 heavy (non-hydrogen) atoms. The number of ether oxygens (including phenoxy) is 2. The van der Waals surface area contributed by atoms with E-state index in [1.165, 1.54) is 25.6 Å². The van der Waals surface area contributed by atoms with E-state index in [0.717, 1.165) is 22.8 Å². The Hall–Kier alpha value is -4.91. The first-order valence-corrected chi connectivity index (χ1v) is 15.2. The molecule has 2 aromatic carbocycles. The second-order valence-electron chi connectivity index (χ2n) is 11.7. The Bertz CT molecular complexity index is 1640. The largest absolute Gasteiger partial charge is 0.465 e. The van der Waals surface area contributed by atoms with Crippen LogP contribution in [0.4, 0.5) is 10.2 Å². The predicted molar refractivity (Wildman–Crippen MR) is 168 cm³/mol. The number of aromatic nitrogens is 3. The third-order valence-corrected chi connectivity index (χ3v) is 8.14. The number of carbonyl (C=O) groups is 3. The Kier molecular flexibility index (Phi) is 9.90. The van der Waals surface area contributed by atoms with Crippen LogP contribution in [0, 0.1) is 5.82 Å². The van der Waals surface area contributed by atoms with Crippen molar-refractivity contribution in [1.29, 1.82) is 0 Å². The molecule has 12 nitrogen and oxygen atoms in total. The second-order valence-corrected chi connectivity index (χ2v) is 11.7. The number of benzene rings is 2. The average Bonchev–Trinajstić information content (AvgIpc) is 3.62. The predicted octanol–water partition coefficient (Wildman–Crippen LogP) is 3.38. The zero-order chi connectivity index (χ0) is 33.0. The average molecular weight is 632 g/mol. The number of nitrogens with two attached hydrogens (primary N) is 1. The summed E-state index contributed by atoms with van der Waals surface area (Å²) < 4.78 is 25.1. The topological polar surface area (TPSA) is 144 Å². The molecule has 1 atom stereocenters. The van der Waals surface area contributed by atoms with Gasteiger partial charge in [-0.1, -0.05) is 12.1 Å². The summed E-state index contributed by atoms with van der Waals surface area (Å²) in [5.74, 6) is -0.702. The van der Waals surface area contributed by atoms with Crippen molar-refractivity contribution in [2.24, 2.45) is 5.73 Å². The van der Waals surface area contributed by atoms with E-state index in [-0.39, 0.29) is 41.5 Å². The molecule has 0 saturated heterocycles. The Morgan fingerprint density at radius 1 is 1.07 bits per heavy atom. The van der Waals surface area contributed by atoms with Gasteiger partial charge in [0.15, 0.2) is 5.82 Å². The van der Waals surface area contributed by atoms with Gasteiger partial charge in [0, 0.05) is 51.2 Å². The fourth-order valence-corrected chi connectivity index (χ4v) is 5.88. The minimum Gasteiger partial charge on any atom is -0.465 e. The van der Waals surface area contributed by atoms with Gasteiger partial charge in [0.1, 0.15) is 17.9 Å². The lowest BCUT2D eigenvalue weighted by molar-refractivity contribution is -0.130. The van der Waals surface area contributed by atoms with E-state index in [1.807, 2.05) is 31.7 Å². The Labute approximate surface area is 267 Å². The van der Waals surface area contributed by atoms with Crippen molar-refractivity contribution in [2.45, 2.75) is 45.7 Å². The molecule has 13 heteroatoms. The summed E-state index contributed by atoms with van der Waals surface area (Å²) >= 11 is 0. The number of halogens is 1. The molecule has 0 fully saturated rings. The molecule has 0 aliphatic carbocycles. The molecule has 0 saturated carbocycles. The van der Waals surface area contributed by atoms with Crippen LogP contribution in [0.1, 0.15) is 53.5 Å². The lowest BCUT2D eigenvalue weighted by Gasteiger charge is -2.26. The van der Waals surface area contributed by atoms with E-state index in [4.69, 9.17) is 15.2 Å². The SMILES string of the molecule is CCN(C(=O)c1cc(F)ccc1Oc1nncnc1N1CC2=C(CN(C(=O)C[C@H](N)Cc3cccc(C(=O)OC)c3)C2)C1)C(C)C. The van der Waals surface area contributed by atoms with Gasteiger partial charge in [-0.05, 0) is 74.2 Å². The van der Waals surface area contributed by atoms with E-state index in [0.29, 0.717) is 50.5 Å². The zero-order valence-corrected chi connectivity index (χ0v) is 26.4. The van der Waals surface area contributed by atoms with E-state index in [2.05, 4.69) is 15.2 Å². The summed E-state index contributed by atoms with van der Waals surface area (Å²) in [6.45, 7) is 8.06. The van der Waals surface area contributed by atoms with Gasteiger partial charge in [-0.15, -0.1) is 10.2 Å². The summed E-state index contributed by atoms with van der Waals surface area (Å²) in [6.07, 6.45) is 1.94. The van der Waals surface area contributed by atoms with Crippen molar-refractivity contribution in [3.63, 3.8) is 0 Å². The summed E-state index contributed by atoms with van der Waals surface area (Å²) in [5, 5.41) is 8.03. The lowest BCUT2D eigenvalue weighted by atomic mass is 10.0. The van der Waals surface area contributed by atoms with Gasteiger partial charge < -0.3 is 29.9 Å². The van der Waals surface area contributed by atoms with Crippen LogP contribution in [0.2, 0.25) is 0 Å². The number of esters is 1. The summed E-state index contributed by atoms with van der Waals surface area (Å²) in [7, 11) is 1.33. The van der Waals surface area contributed by atoms with Gasteiger partial charge in [0.25, 0.3) is 11.8 Å². The fraction of sp³-hybridized carbons (Fsp3) is 0.394. The molecular formula is C33H38FN7O5. The smallest absolute Gasteiger partial charge is 0.337 e. The molecule has 2 aliphatic heterocycles. The number of nitrogens with zero attached hydrogens (tertiary/aromatic N) is 6. The highest BCUT2D eigenvalue weighted by Crippen LogP contribution is 2.35. The van der Waals surface area contributed by atoms with Crippen LogP contribution < -0.4 is 15.4 Å². The molecule has 1 aromatic heterocycles. The second kappa shape index (κ2) is 14.0. The maximum Gasteiger partial charge on any atom is 0.337 e. The Balaban J connectivity index is 1.21. The Morgan fingerprint density at radius 3 is 2.48 bits per heavy atom. The van der Waals surface area contributed by atoms with Gasteiger partial charge >= 0.3 is 5.97 Å². The van der Waals surface area contributed by atoms with Crippen molar-refractivity contribution in [1.82, 2.24) is 25.0 Å². The molecule has 3 aromatic rings. The highest BCUT2D eigenvalue weighted by molar-refractivity contribution is 5.97. The van der Waals surface area contributed by atoms with Crippen molar-refractivity contribution < 1.29 is 28.2 Å². The van der Waals surface area contributed by atoms with Crippen LogP contribution in [0.5, 0.6) is 11.6 Å². The van der Waals surface area contributed by atoms with Gasteiger partial charge in [-0.2, -0.15) is 0 Å². The number of anilines is 1. The van der Waals surface area contributed by atoms with Crippen LogP contribution in [0.15, 0.2) is 59.9 Å². The third-order valence-electron chi connectivity index (χ3n) is 8.14. The number of methoxy groups -OCH3 is 1. The van der Waals surface area contributed by atoms with Crippen molar-refractivity contribution in [2.75, 3.05) is 44.7 Å². The van der Waals surface area contributed by atoms with Gasteiger partial charge in [-0.25, -0.2) is 14.2 Å². The number of hydrogen-bond donors (Lipinski definition) is 1. The van der Waals surface area contributed by atoms with E-state index in [1.54, 1.807) is 28.0 Å². The highest BCUT2D eigenvalue weighted by Gasteiger charge is 2.35. The normalized spacial score (nSPS) is 14.8. The first-order chi connectivity index (χ1) is 22.1. The van der Waals surface area contributed by atoms with E-state index in [9.17, 15) is 18.8 Å². The quantitative estimate of drug-likeness (QED) is 0.247. The first kappa shape index (κ1) is 32.5. The molecule has 2 aliphatic rings. The fourth-order valence-electron chi connectivity index (χ4n) is 5.88. The maximum atomic E-state index is 14.3. The molecule has 2 amide bonds. The van der Waals surface area contributed by atoms with Crippen LogP contribution >= 0.6 is 0 Å². The standard InChI is InChI=1S/C33H38FN7O5/c1-5-41(20(2)3)32(43)27-13-25(34)9-10-28(27)46-31-30(36-19-37-38-31)40-17-23-15-39(16-24(23)18-40)29(42)14-26(35)12-21-7-6-8-22(11-21)33(44)45-4/h6-11,13,19-20,26H,5,12,14-18,35H2,1-4H3/t26-/m1/s1. The maximum absolute atomic E-state index is 14.3. The monoisotopic (exact) mass is 631 g/mol. The minimum absolute atomic E-state index is 0.0404. The first-order valence-electron chi connectivity index (χ1n) is 15.2. The molecule has 5 rings (SSSR count). The molecule has 0 unspecified atom stereocenters. The van der Waals surface area contributed by atoms with Crippen molar-refractivity contribution in [3.8, 4) is 11.6 Å². The molecular weight excluding hydrogens is 593 g/mol. The van der Waals surface area contributed by atoms with Gasteiger partial charge in [0.2, 0.25) is 5.91 Å². The van der Waals surface area contributed by atoms with Crippen LogP contribution in [0.3, 0.4) is 0 Å². The molecule has 0 bridgehead atoms. The summed E-state index contributed by atoms with van der Waals surface area (Å²) in [5.41, 5.74) is 9.92. The van der Waals surface area contributed by atoms with Crippen LogP contribution in [-0.2, 0) is 16.0 Å². The van der Waals surface area contributed by atoms with Crippen molar-refractivity contribution in [3.05, 3.63) is 82.4 Å². The summed E-state index contributed by atoms with van der Waals surface area (Å²) in [4.78, 5) is 48.1. The van der Waals surface area contributed by atoms with Crippen LogP contribution in [0.25, 0.3) is 0 Å². The lowest BCUT2D eigenvalue weighted by Crippen LogP contribution is -2.38. The van der Waals surface area contributed by atoms with Crippen LogP contribution in [-0.4, -0.2) is 94.7 Å². The number of hydrogen-bond acceptors (Lipinski definition) is 10. The zero-order valence-electron chi connectivity index (χ0n) is 26.4. The molecule has 2 N–H and O–H groups in total. The Morgan fingerprint density at radius 2 is 1.80 bits per heavy atom. The van der Waals surface area contributed by atoms with E-state index < -0.39 is 17.8 Å². The summed E-state index contributed by atoms with van der Waals surface area (Å²) in [6, 6.07) is 10.3. The van der Waals surface area contributed by atoms with Gasteiger partial charge in [0.05, 0.1) is 18.2 Å². The molecule has 3 heterocycles. The van der Waals surface area contributed by atoms with E-state index >= 15 is 0 Å². The molecule has 242 valence electrons. The molecule has 0 spiro atoms. The third kappa shape index (κ3) is 7.15. The van der Waals surface area contributed by atoms with Gasteiger partial charge in [-0.3, -0.25) is 9.59 Å².